The van der Waals surface area contributed by atoms with Crippen LogP contribution in [0.25, 0.3) is 16.2 Å². The Balaban J connectivity index is 1.66. The molecule has 28 heavy (non-hydrogen) atoms. The molecule has 1 saturated carbocycles. The third kappa shape index (κ3) is 3.78. The number of aromatic nitrogens is 2. The van der Waals surface area contributed by atoms with Gasteiger partial charge in [0.25, 0.3) is 5.91 Å². The zero-order valence-corrected chi connectivity index (χ0v) is 15.9. The number of imidazole rings is 1. The smallest absolute Gasteiger partial charge is 0.350 e. The number of nitrogens with one attached hydrogen (secondary N) is 1. The van der Waals surface area contributed by atoms with E-state index in [-0.39, 0.29) is 11.6 Å². The van der Waals surface area contributed by atoms with Gasteiger partial charge in [-0.3, -0.25) is 9.20 Å². The molecule has 3 aromatic rings. The number of benzene rings is 1. The Morgan fingerprint density at radius 2 is 2.04 bits per heavy atom. The van der Waals surface area contributed by atoms with Gasteiger partial charge >= 0.3 is 6.18 Å². The van der Waals surface area contributed by atoms with E-state index in [1.54, 1.807) is 22.0 Å². The highest BCUT2D eigenvalue weighted by Gasteiger charge is 2.31. The minimum Gasteiger partial charge on any atom is -0.350 e. The van der Waals surface area contributed by atoms with Gasteiger partial charge in [0, 0.05) is 23.7 Å². The molecule has 1 N–H and O–H groups in total. The zero-order chi connectivity index (χ0) is 19.7. The predicted molar refractivity (Wildman–Crippen MR) is 102 cm³/mol. The van der Waals surface area contributed by atoms with Crippen LogP contribution in [0.4, 0.5) is 13.2 Å². The van der Waals surface area contributed by atoms with Gasteiger partial charge in [-0.25, -0.2) is 4.98 Å². The molecule has 0 aliphatic heterocycles. The van der Waals surface area contributed by atoms with Crippen LogP contribution in [0.3, 0.4) is 0 Å². The number of thiazole rings is 1. The second kappa shape index (κ2) is 7.58. The molecule has 148 valence electrons. The van der Waals surface area contributed by atoms with Crippen LogP contribution in [0.1, 0.15) is 48.2 Å². The molecule has 0 radical (unpaired) electrons. The summed E-state index contributed by atoms with van der Waals surface area (Å²) in [6.45, 7) is 0.575. The number of hydrogen-bond acceptors (Lipinski definition) is 3. The van der Waals surface area contributed by atoms with E-state index in [9.17, 15) is 18.0 Å². The van der Waals surface area contributed by atoms with E-state index in [1.165, 1.54) is 36.7 Å². The Morgan fingerprint density at radius 3 is 2.79 bits per heavy atom. The number of hydrogen-bond donors (Lipinski definition) is 1. The lowest BCUT2D eigenvalue weighted by atomic mass is 9.89. The third-order valence-corrected chi connectivity index (χ3v) is 5.97. The topological polar surface area (TPSA) is 46.4 Å². The maximum atomic E-state index is 13.1. The molecule has 1 aliphatic rings. The number of alkyl halides is 3. The van der Waals surface area contributed by atoms with Gasteiger partial charge in [0.1, 0.15) is 0 Å². The number of carbonyl (C=O) groups excluding carboxylic acids is 1. The Morgan fingerprint density at radius 1 is 1.25 bits per heavy atom. The Labute approximate surface area is 164 Å². The lowest BCUT2D eigenvalue weighted by Gasteiger charge is -2.21. The first-order valence-corrected chi connectivity index (χ1v) is 10.2. The molecule has 8 heteroatoms. The monoisotopic (exact) mass is 407 g/mol. The summed E-state index contributed by atoms with van der Waals surface area (Å²) in [5.74, 6) is 0.118. The average Bonchev–Trinajstić information content (AvgIpc) is 3.27. The maximum absolute atomic E-state index is 13.1. The highest BCUT2D eigenvalue weighted by molar-refractivity contribution is 7.15. The van der Waals surface area contributed by atoms with Crippen molar-refractivity contribution in [2.75, 3.05) is 6.54 Å². The van der Waals surface area contributed by atoms with Gasteiger partial charge in [-0.1, -0.05) is 31.4 Å². The summed E-state index contributed by atoms with van der Waals surface area (Å²) >= 11 is 1.34. The van der Waals surface area contributed by atoms with Crippen molar-refractivity contribution >= 4 is 22.2 Å². The summed E-state index contributed by atoms with van der Waals surface area (Å²) in [4.78, 5) is 17.8. The van der Waals surface area contributed by atoms with Crippen molar-refractivity contribution in [3.05, 3.63) is 47.1 Å². The number of halogens is 3. The van der Waals surface area contributed by atoms with Crippen molar-refractivity contribution in [2.24, 2.45) is 5.92 Å². The first-order valence-electron chi connectivity index (χ1n) is 9.35. The summed E-state index contributed by atoms with van der Waals surface area (Å²) in [6, 6.07) is 5.03. The molecule has 4 nitrogen and oxygen atoms in total. The molecule has 1 fully saturated rings. The molecule has 4 rings (SSSR count). The average molecular weight is 407 g/mol. The number of nitrogens with zero attached hydrogens (tertiary/aromatic N) is 2. The van der Waals surface area contributed by atoms with Crippen molar-refractivity contribution in [3.63, 3.8) is 0 Å². The van der Waals surface area contributed by atoms with Crippen LogP contribution in [-0.2, 0) is 6.18 Å². The quantitative estimate of drug-likeness (QED) is 0.630. The second-order valence-electron chi connectivity index (χ2n) is 7.16. The van der Waals surface area contributed by atoms with Gasteiger partial charge in [0.15, 0.2) is 10.7 Å². The zero-order valence-electron chi connectivity index (χ0n) is 15.1. The standard InChI is InChI=1S/C20H20F3N3OS/c21-20(22,23)15-8-4-7-14(11-15)17-16(25-19-26(17)9-10-28-19)18(27)24-12-13-5-2-1-3-6-13/h4,7-11,13H,1-3,5-6,12H2,(H,24,27). The van der Waals surface area contributed by atoms with Crippen molar-refractivity contribution in [1.82, 2.24) is 14.7 Å². The minimum absolute atomic E-state index is 0.169. The van der Waals surface area contributed by atoms with Gasteiger partial charge in [-0.2, -0.15) is 13.2 Å². The number of carbonyl (C=O) groups is 1. The van der Waals surface area contributed by atoms with Gasteiger partial charge in [0.2, 0.25) is 0 Å². The van der Waals surface area contributed by atoms with Crippen LogP contribution in [0.5, 0.6) is 0 Å². The number of fused-ring (bicyclic) bond motifs is 1. The summed E-state index contributed by atoms with van der Waals surface area (Å²) in [5.41, 5.74) is 0.137. The fourth-order valence-electron chi connectivity index (χ4n) is 3.77. The SMILES string of the molecule is O=C(NCC1CCCCC1)c1nc2sccn2c1-c1cccc(C(F)(F)F)c1. The summed E-state index contributed by atoms with van der Waals surface area (Å²) in [5, 5.41) is 4.74. The lowest BCUT2D eigenvalue weighted by Crippen LogP contribution is -2.30. The van der Waals surface area contributed by atoms with E-state index in [4.69, 9.17) is 0 Å². The van der Waals surface area contributed by atoms with E-state index in [2.05, 4.69) is 10.3 Å². The van der Waals surface area contributed by atoms with Crippen molar-refractivity contribution in [2.45, 2.75) is 38.3 Å². The molecule has 1 aliphatic carbocycles. The van der Waals surface area contributed by atoms with Crippen LogP contribution < -0.4 is 5.32 Å². The molecule has 0 saturated heterocycles. The second-order valence-corrected chi connectivity index (χ2v) is 8.03. The predicted octanol–water partition coefficient (Wildman–Crippen LogP) is 5.39. The molecule has 0 unspecified atom stereocenters. The molecule has 0 spiro atoms. The van der Waals surface area contributed by atoms with Gasteiger partial charge < -0.3 is 5.32 Å². The fourth-order valence-corrected chi connectivity index (χ4v) is 4.49. The molecular formula is C20H20F3N3OS. The Bertz CT molecular complexity index is 986. The largest absolute Gasteiger partial charge is 0.416 e. The minimum atomic E-state index is -4.45. The summed E-state index contributed by atoms with van der Waals surface area (Å²) in [6.07, 6.45) is 3.06. The van der Waals surface area contributed by atoms with E-state index in [0.717, 1.165) is 25.0 Å². The molecule has 1 amide bonds. The van der Waals surface area contributed by atoms with Gasteiger partial charge in [-0.05, 0) is 30.9 Å². The number of rotatable bonds is 4. The summed E-state index contributed by atoms with van der Waals surface area (Å²) in [7, 11) is 0. The van der Waals surface area contributed by atoms with E-state index < -0.39 is 11.7 Å². The van der Waals surface area contributed by atoms with Crippen LogP contribution >= 0.6 is 11.3 Å². The van der Waals surface area contributed by atoms with Crippen LogP contribution in [0.15, 0.2) is 35.8 Å². The Kier molecular flexibility index (Phi) is 5.14. The molecule has 2 heterocycles. The fraction of sp³-hybridized carbons (Fsp3) is 0.400. The van der Waals surface area contributed by atoms with Crippen molar-refractivity contribution in [1.29, 1.82) is 0 Å². The van der Waals surface area contributed by atoms with E-state index in [0.29, 0.717) is 28.7 Å². The molecule has 1 aromatic carbocycles. The van der Waals surface area contributed by atoms with E-state index >= 15 is 0 Å². The highest BCUT2D eigenvalue weighted by atomic mass is 32.1. The first-order chi connectivity index (χ1) is 13.4. The molecule has 0 atom stereocenters. The van der Waals surface area contributed by atoms with E-state index in [1.807, 2.05) is 0 Å². The van der Waals surface area contributed by atoms with Crippen LogP contribution in [-0.4, -0.2) is 21.8 Å². The number of amides is 1. The van der Waals surface area contributed by atoms with Gasteiger partial charge in [-0.15, -0.1) is 11.3 Å². The van der Waals surface area contributed by atoms with Crippen LogP contribution in [0, 0.1) is 5.92 Å². The highest BCUT2D eigenvalue weighted by Crippen LogP contribution is 2.34. The van der Waals surface area contributed by atoms with Crippen molar-refractivity contribution < 1.29 is 18.0 Å². The maximum Gasteiger partial charge on any atom is 0.416 e. The third-order valence-electron chi connectivity index (χ3n) is 5.22. The first kappa shape index (κ1) is 19.0. The molecule has 2 aromatic heterocycles. The molecule has 0 bridgehead atoms. The Hall–Kier alpha value is -2.35. The van der Waals surface area contributed by atoms with Gasteiger partial charge in [0.05, 0.1) is 11.3 Å². The van der Waals surface area contributed by atoms with Crippen molar-refractivity contribution in [3.8, 4) is 11.3 Å². The molecular weight excluding hydrogens is 387 g/mol. The summed E-state index contributed by atoms with van der Waals surface area (Å²) < 4.78 is 41.1. The normalized spacial score (nSPS) is 15.8. The lowest BCUT2D eigenvalue weighted by molar-refractivity contribution is -0.137. The van der Waals surface area contributed by atoms with Crippen LogP contribution in [0.2, 0.25) is 0 Å².